The Morgan fingerprint density at radius 3 is 2.33 bits per heavy atom. The van der Waals surface area contributed by atoms with Gasteiger partial charge >= 0.3 is 0 Å². The highest BCUT2D eigenvalue weighted by Gasteiger charge is 2.18. The highest BCUT2D eigenvalue weighted by atomic mass is 32.2. The molecule has 0 spiro atoms. The van der Waals surface area contributed by atoms with Gasteiger partial charge in [0, 0.05) is 12.1 Å². The molecule has 4 nitrogen and oxygen atoms in total. The molecule has 0 saturated heterocycles. The summed E-state index contributed by atoms with van der Waals surface area (Å²) in [7, 11) is -1.59. The Kier molecular flexibility index (Phi) is 6.84. The molecule has 5 heteroatoms. The topological polar surface area (TPSA) is 58.2 Å². The van der Waals surface area contributed by atoms with E-state index in [9.17, 15) is 8.42 Å². The Morgan fingerprint density at radius 2 is 1.76 bits per heavy atom. The first-order chi connectivity index (χ1) is 9.76. The van der Waals surface area contributed by atoms with Gasteiger partial charge in [-0.05, 0) is 57.4 Å². The molecular formula is C16H28N2O2S. The molecule has 1 rings (SSSR count). The molecule has 0 aromatic heterocycles. The monoisotopic (exact) mass is 312 g/mol. The zero-order chi connectivity index (χ0) is 16.0. The summed E-state index contributed by atoms with van der Waals surface area (Å²) < 4.78 is 27.6. The first-order valence-corrected chi connectivity index (χ1v) is 9.04. The van der Waals surface area contributed by atoms with Gasteiger partial charge in [0.25, 0.3) is 0 Å². The third kappa shape index (κ3) is 5.77. The Hall–Kier alpha value is -0.910. The minimum Gasteiger partial charge on any atom is -0.313 e. The van der Waals surface area contributed by atoms with Crippen molar-refractivity contribution < 1.29 is 8.42 Å². The molecule has 0 heterocycles. The number of hydrogen-bond acceptors (Lipinski definition) is 3. The van der Waals surface area contributed by atoms with Crippen molar-refractivity contribution in [3.05, 3.63) is 29.8 Å². The van der Waals surface area contributed by atoms with Gasteiger partial charge in [0.15, 0.2) is 0 Å². The van der Waals surface area contributed by atoms with Gasteiger partial charge in [-0.2, -0.15) is 0 Å². The van der Waals surface area contributed by atoms with Crippen LogP contribution >= 0.6 is 0 Å². The molecule has 120 valence electrons. The Balaban J connectivity index is 2.83. The maximum absolute atomic E-state index is 12.4. The lowest BCUT2D eigenvalue weighted by Crippen LogP contribution is -2.33. The number of hydrogen-bond donors (Lipinski definition) is 2. The SMILES string of the molecule is CNC(C)c1cccc(S(=O)(=O)NC(C)CCC(C)C)c1. The molecule has 0 saturated carbocycles. The molecule has 0 fully saturated rings. The van der Waals surface area contributed by atoms with Crippen LogP contribution in [-0.4, -0.2) is 21.5 Å². The van der Waals surface area contributed by atoms with E-state index in [-0.39, 0.29) is 12.1 Å². The standard InChI is InChI=1S/C16H28N2O2S/c1-12(2)9-10-13(3)18-21(19,20)16-8-6-7-15(11-16)14(4)17-5/h6-8,11-14,17-18H,9-10H2,1-5H3. The van der Waals surface area contributed by atoms with E-state index in [0.717, 1.165) is 18.4 Å². The van der Waals surface area contributed by atoms with E-state index < -0.39 is 10.0 Å². The fourth-order valence-corrected chi connectivity index (χ4v) is 3.43. The van der Waals surface area contributed by atoms with Crippen LogP contribution in [-0.2, 0) is 10.0 Å². The van der Waals surface area contributed by atoms with Crippen molar-refractivity contribution in [3.63, 3.8) is 0 Å². The molecule has 0 aliphatic rings. The van der Waals surface area contributed by atoms with E-state index in [1.165, 1.54) is 0 Å². The van der Waals surface area contributed by atoms with Gasteiger partial charge in [-0.3, -0.25) is 0 Å². The van der Waals surface area contributed by atoms with Crippen LogP contribution < -0.4 is 10.0 Å². The zero-order valence-electron chi connectivity index (χ0n) is 13.7. The zero-order valence-corrected chi connectivity index (χ0v) is 14.5. The van der Waals surface area contributed by atoms with Crippen molar-refractivity contribution in [2.45, 2.75) is 57.5 Å². The maximum Gasteiger partial charge on any atom is 0.240 e. The third-order valence-corrected chi connectivity index (χ3v) is 5.22. The second-order valence-electron chi connectivity index (χ2n) is 6.08. The molecule has 0 amide bonds. The molecule has 1 aromatic carbocycles. The van der Waals surface area contributed by atoms with Crippen LogP contribution in [0.5, 0.6) is 0 Å². The molecule has 2 atom stereocenters. The highest BCUT2D eigenvalue weighted by molar-refractivity contribution is 7.89. The lowest BCUT2D eigenvalue weighted by Gasteiger charge is -2.17. The maximum atomic E-state index is 12.4. The summed E-state index contributed by atoms with van der Waals surface area (Å²) in [6.45, 7) is 8.21. The smallest absolute Gasteiger partial charge is 0.240 e. The van der Waals surface area contributed by atoms with Crippen molar-refractivity contribution in [2.75, 3.05) is 7.05 Å². The summed E-state index contributed by atoms with van der Waals surface area (Å²) in [4.78, 5) is 0.332. The third-order valence-electron chi connectivity index (χ3n) is 3.63. The Morgan fingerprint density at radius 1 is 1.10 bits per heavy atom. The fourth-order valence-electron chi connectivity index (χ4n) is 2.09. The predicted octanol–water partition coefficient (Wildman–Crippen LogP) is 3.07. The van der Waals surface area contributed by atoms with Crippen LogP contribution in [0.3, 0.4) is 0 Å². The largest absolute Gasteiger partial charge is 0.313 e. The van der Waals surface area contributed by atoms with Gasteiger partial charge in [0.2, 0.25) is 10.0 Å². The second kappa shape index (κ2) is 7.92. The summed E-state index contributed by atoms with van der Waals surface area (Å²) >= 11 is 0. The van der Waals surface area contributed by atoms with E-state index in [1.807, 2.05) is 27.0 Å². The first kappa shape index (κ1) is 18.1. The van der Waals surface area contributed by atoms with E-state index in [0.29, 0.717) is 10.8 Å². The molecule has 2 N–H and O–H groups in total. The van der Waals surface area contributed by atoms with E-state index >= 15 is 0 Å². The van der Waals surface area contributed by atoms with Crippen molar-refractivity contribution in [2.24, 2.45) is 5.92 Å². The van der Waals surface area contributed by atoms with Gasteiger partial charge in [-0.15, -0.1) is 0 Å². The van der Waals surface area contributed by atoms with Crippen LogP contribution in [0.25, 0.3) is 0 Å². The lowest BCUT2D eigenvalue weighted by molar-refractivity contribution is 0.485. The minimum atomic E-state index is -3.45. The quantitative estimate of drug-likeness (QED) is 0.775. The van der Waals surface area contributed by atoms with Crippen molar-refractivity contribution in [1.82, 2.24) is 10.0 Å². The summed E-state index contributed by atoms with van der Waals surface area (Å²) in [5, 5.41) is 3.12. The lowest BCUT2D eigenvalue weighted by atomic mass is 10.1. The molecule has 2 unspecified atom stereocenters. The molecule has 21 heavy (non-hydrogen) atoms. The van der Waals surface area contributed by atoms with Crippen molar-refractivity contribution >= 4 is 10.0 Å². The van der Waals surface area contributed by atoms with Crippen molar-refractivity contribution in [1.29, 1.82) is 0 Å². The molecule has 0 aliphatic heterocycles. The van der Waals surface area contributed by atoms with Crippen LogP contribution in [0.2, 0.25) is 0 Å². The van der Waals surface area contributed by atoms with E-state index in [4.69, 9.17) is 0 Å². The normalized spacial score (nSPS) is 15.1. The number of benzene rings is 1. The predicted molar refractivity (Wildman–Crippen MR) is 87.8 cm³/mol. The minimum absolute atomic E-state index is 0.0530. The van der Waals surface area contributed by atoms with Crippen LogP contribution in [0.15, 0.2) is 29.2 Å². The molecule has 0 radical (unpaired) electrons. The number of sulfonamides is 1. The molecule has 0 aliphatic carbocycles. The van der Waals surface area contributed by atoms with Gasteiger partial charge < -0.3 is 5.32 Å². The first-order valence-electron chi connectivity index (χ1n) is 7.55. The Bertz CT molecular complexity index is 541. The van der Waals surface area contributed by atoms with E-state index in [1.54, 1.807) is 18.2 Å². The average molecular weight is 312 g/mol. The summed E-state index contributed by atoms with van der Waals surface area (Å²) in [6.07, 6.45) is 1.87. The van der Waals surface area contributed by atoms with E-state index in [2.05, 4.69) is 23.9 Å². The van der Waals surface area contributed by atoms with Crippen LogP contribution in [0, 0.1) is 5.92 Å². The summed E-state index contributed by atoms with van der Waals surface area (Å²) in [5.41, 5.74) is 0.968. The highest BCUT2D eigenvalue weighted by Crippen LogP contribution is 2.18. The molecule has 0 bridgehead atoms. The average Bonchev–Trinajstić information content (AvgIpc) is 2.44. The Labute approximate surface area is 129 Å². The molecule has 1 aromatic rings. The van der Waals surface area contributed by atoms with Crippen LogP contribution in [0.1, 0.15) is 52.1 Å². The molecular weight excluding hydrogens is 284 g/mol. The second-order valence-corrected chi connectivity index (χ2v) is 7.79. The number of nitrogens with one attached hydrogen (secondary N) is 2. The van der Waals surface area contributed by atoms with Gasteiger partial charge in [-0.1, -0.05) is 26.0 Å². The van der Waals surface area contributed by atoms with Crippen LogP contribution in [0.4, 0.5) is 0 Å². The van der Waals surface area contributed by atoms with Gasteiger partial charge in [-0.25, -0.2) is 13.1 Å². The summed E-state index contributed by atoms with van der Waals surface area (Å²) in [6, 6.07) is 7.17. The number of rotatable bonds is 8. The fraction of sp³-hybridized carbons (Fsp3) is 0.625. The van der Waals surface area contributed by atoms with Gasteiger partial charge in [0.05, 0.1) is 4.90 Å². The summed E-state index contributed by atoms with van der Waals surface area (Å²) in [5.74, 6) is 0.580. The van der Waals surface area contributed by atoms with Crippen molar-refractivity contribution in [3.8, 4) is 0 Å². The van der Waals surface area contributed by atoms with Gasteiger partial charge in [0.1, 0.15) is 0 Å².